The fourth-order valence-electron chi connectivity index (χ4n) is 0.732. The molecule has 3 nitrogen and oxygen atoms in total. The molecule has 0 aromatic carbocycles. The van der Waals surface area contributed by atoms with Crippen LogP contribution in [0.4, 0.5) is 13.2 Å². The lowest BCUT2D eigenvalue weighted by Crippen LogP contribution is -2.21. The Morgan fingerprint density at radius 2 is 1.71 bits per heavy atom. The number of ketones is 1. The van der Waals surface area contributed by atoms with E-state index in [4.69, 9.17) is 5.73 Å². The number of rotatable bonds is 2. The minimum absolute atomic E-state index is 0.0717. The van der Waals surface area contributed by atoms with Gasteiger partial charge in [-0.25, -0.2) is 0 Å². The zero-order chi connectivity index (χ0) is 10.9. The van der Waals surface area contributed by atoms with Crippen molar-refractivity contribution in [1.29, 1.82) is 0 Å². The molecule has 0 atom stereocenters. The lowest BCUT2D eigenvalue weighted by atomic mass is 10.3. The summed E-state index contributed by atoms with van der Waals surface area (Å²) < 4.78 is 35.7. The average Bonchev–Trinajstić information content (AvgIpc) is 2.48. The first-order valence-electron chi connectivity index (χ1n) is 3.33. The minimum Gasteiger partial charge on any atom is -0.365 e. The van der Waals surface area contributed by atoms with Crippen LogP contribution in [-0.4, -0.2) is 17.9 Å². The number of thiophene rings is 1. The van der Waals surface area contributed by atoms with Crippen molar-refractivity contribution in [3.63, 3.8) is 0 Å². The molecule has 7 heteroatoms. The summed E-state index contributed by atoms with van der Waals surface area (Å²) in [6.07, 6.45) is -4.92. The van der Waals surface area contributed by atoms with Crippen LogP contribution in [0.25, 0.3) is 0 Å². The molecule has 0 spiro atoms. The Bertz CT molecular complexity index is 383. The van der Waals surface area contributed by atoms with Crippen molar-refractivity contribution in [2.75, 3.05) is 0 Å². The molecule has 0 saturated heterocycles. The molecule has 14 heavy (non-hydrogen) atoms. The Hall–Kier alpha value is -1.37. The highest BCUT2D eigenvalue weighted by Gasteiger charge is 2.40. The van der Waals surface area contributed by atoms with Crippen LogP contribution in [-0.2, 0) is 0 Å². The lowest BCUT2D eigenvalue weighted by Gasteiger charge is -2.00. The van der Waals surface area contributed by atoms with Gasteiger partial charge < -0.3 is 5.73 Å². The third-order valence-electron chi connectivity index (χ3n) is 1.33. The van der Waals surface area contributed by atoms with Crippen LogP contribution in [0.15, 0.2) is 12.1 Å². The molecule has 0 bridgehead atoms. The van der Waals surface area contributed by atoms with Gasteiger partial charge in [-0.15, -0.1) is 11.3 Å². The molecule has 76 valence electrons. The Morgan fingerprint density at radius 3 is 2.07 bits per heavy atom. The normalized spacial score (nSPS) is 11.4. The maximum atomic E-state index is 11.9. The summed E-state index contributed by atoms with van der Waals surface area (Å²) in [4.78, 5) is 20.6. The van der Waals surface area contributed by atoms with Crippen LogP contribution in [0.1, 0.15) is 19.3 Å². The van der Waals surface area contributed by atoms with Gasteiger partial charge in [0.15, 0.2) is 0 Å². The largest absolute Gasteiger partial charge is 0.455 e. The van der Waals surface area contributed by atoms with Crippen LogP contribution in [0.2, 0.25) is 0 Å². The van der Waals surface area contributed by atoms with E-state index in [0.717, 1.165) is 12.1 Å². The Labute approximate surface area is 80.3 Å². The molecule has 0 aliphatic rings. The standard InChI is InChI=1S/C7H4F3NO2S/c8-7(9,10)5(12)3-1-2-4(14-3)6(11)13/h1-2H,(H2,11,13). The van der Waals surface area contributed by atoms with E-state index in [1.165, 1.54) is 0 Å². The number of carbonyl (C=O) groups is 2. The third-order valence-corrected chi connectivity index (χ3v) is 2.43. The number of Topliss-reactive ketones (excluding diaryl/α,β-unsaturated/α-hetero) is 1. The summed E-state index contributed by atoms with van der Waals surface area (Å²) in [5.41, 5.74) is 4.82. The maximum absolute atomic E-state index is 11.9. The number of alkyl halides is 3. The van der Waals surface area contributed by atoms with E-state index in [1.807, 2.05) is 0 Å². The molecule has 0 unspecified atom stereocenters. The van der Waals surface area contributed by atoms with Gasteiger partial charge in [0.25, 0.3) is 11.7 Å². The van der Waals surface area contributed by atoms with E-state index in [2.05, 4.69) is 0 Å². The topological polar surface area (TPSA) is 60.2 Å². The second-order valence-electron chi connectivity index (χ2n) is 2.36. The highest BCUT2D eigenvalue weighted by Crippen LogP contribution is 2.26. The van der Waals surface area contributed by atoms with Crippen molar-refractivity contribution in [2.24, 2.45) is 5.73 Å². The molecule has 1 aromatic rings. The van der Waals surface area contributed by atoms with Crippen LogP contribution < -0.4 is 5.73 Å². The van der Waals surface area contributed by atoms with E-state index >= 15 is 0 Å². The van der Waals surface area contributed by atoms with Crippen molar-refractivity contribution in [3.8, 4) is 0 Å². The highest BCUT2D eigenvalue weighted by atomic mass is 32.1. The van der Waals surface area contributed by atoms with Gasteiger partial charge in [0.05, 0.1) is 9.75 Å². The number of carbonyl (C=O) groups excluding carboxylic acids is 2. The number of halogens is 3. The lowest BCUT2D eigenvalue weighted by molar-refractivity contribution is -0.0882. The second-order valence-corrected chi connectivity index (χ2v) is 3.44. The maximum Gasteiger partial charge on any atom is 0.455 e. The molecule has 0 aliphatic heterocycles. The summed E-state index contributed by atoms with van der Waals surface area (Å²) in [7, 11) is 0. The molecule has 1 amide bonds. The molecular formula is C7H4F3NO2S. The molecule has 2 N–H and O–H groups in total. The van der Waals surface area contributed by atoms with E-state index < -0.39 is 22.7 Å². The van der Waals surface area contributed by atoms with Gasteiger partial charge in [-0.3, -0.25) is 9.59 Å². The predicted octanol–water partition coefficient (Wildman–Crippen LogP) is 1.59. The molecule has 1 heterocycles. The molecular weight excluding hydrogens is 219 g/mol. The number of nitrogens with two attached hydrogens (primary N) is 1. The van der Waals surface area contributed by atoms with Crippen molar-refractivity contribution in [3.05, 3.63) is 21.9 Å². The Balaban J connectivity index is 2.99. The molecule has 0 fully saturated rings. The van der Waals surface area contributed by atoms with Gasteiger partial charge in [-0.05, 0) is 12.1 Å². The van der Waals surface area contributed by atoms with Crippen molar-refractivity contribution in [1.82, 2.24) is 0 Å². The van der Waals surface area contributed by atoms with E-state index in [9.17, 15) is 22.8 Å². The SMILES string of the molecule is NC(=O)c1ccc(C(=O)C(F)(F)F)s1. The van der Waals surface area contributed by atoms with Gasteiger partial charge in [0.2, 0.25) is 0 Å². The van der Waals surface area contributed by atoms with Gasteiger partial charge in [-0.1, -0.05) is 0 Å². The first-order chi connectivity index (χ1) is 6.32. The third kappa shape index (κ3) is 2.11. The number of amides is 1. The van der Waals surface area contributed by atoms with Crippen LogP contribution >= 0.6 is 11.3 Å². The minimum atomic E-state index is -4.92. The smallest absolute Gasteiger partial charge is 0.365 e. The van der Waals surface area contributed by atoms with Gasteiger partial charge in [0.1, 0.15) is 0 Å². The summed E-state index contributed by atoms with van der Waals surface area (Å²) in [6.45, 7) is 0. The second kappa shape index (κ2) is 3.41. The summed E-state index contributed by atoms with van der Waals surface area (Å²) in [6, 6.07) is 2.02. The summed E-state index contributed by atoms with van der Waals surface area (Å²) in [5, 5.41) is 0. The van der Waals surface area contributed by atoms with E-state index in [-0.39, 0.29) is 4.88 Å². The van der Waals surface area contributed by atoms with Crippen molar-refractivity contribution in [2.45, 2.75) is 6.18 Å². The van der Waals surface area contributed by atoms with Crippen LogP contribution in [0, 0.1) is 0 Å². The predicted molar refractivity (Wildman–Crippen MR) is 43.2 cm³/mol. The number of hydrogen-bond acceptors (Lipinski definition) is 3. The number of primary amides is 1. The van der Waals surface area contributed by atoms with Gasteiger partial charge in [-0.2, -0.15) is 13.2 Å². The Kier molecular flexibility index (Phi) is 2.61. The van der Waals surface area contributed by atoms with Crippen molar-refractivity contribution >= 4 is 23.0 Å². The van der Waals surface area contributed by atoms with Gasteiger partial charge >= 0.3 is 6.18 Å². The molecule has 0 saturated carbocycles. The highest BCUT2D eigenvalue weighted by molar-refractivity contribution is 7.16. The molecule has 1 aromatic heterocycles. The van der Waals surface area contributed by atoms with E-state index in [1.54, 1.807) is 0 Å². The average molecular weight is 223 g/mol. The monoisotopic (exact) mass is 223 g/mol. The first-order valence-corrected chi connectivity index (χ1v) is 4.15. The Morgan fingerprint density at radius 1 is 1.21 bits per heavy atom. The zero-order valence-corrected chi connectivity index (χ0v) is 7.41. The van der Waals surface area contributed by atoms with Crippen molar-refractivity contribution < 1.29 is 22.8 Å². The quantitative estimate of drug-likeness (QED) is 0.774. The van der Waals surface area contributed by atoms with E-state index in [0.29, 0.717) is 11.3 Å². The zero-order valence-electron chi connectivity index (χ0n) is 6.59. The summed E-state index contributed by atoms with van der Waals surface area (Å²) >= 11 is 0.432. The fraction of sp³-hybridized carbons (Fsp3) is 0.143. The van der Waals surface area contributed by atoms with Gasteiger partial charge in [0, 0.05) is 0 Å². The first kappa shape index (κ1) is 10.7. The molecule has 1 rings (SSSR count). The molecule has 0 radical (unpaired) electrons. The molecule has 0 aliphatic carbocycles. The number of hydrogen-bond donors (Lipinski definition) is 1. The summed E-state index contributed by atoms with van der Waals surface area (Å²) in [5.74, 6) is -2.81. The van der Waals surface area contributed by atoms with Crippen LogP contribution in [0.3, 0.4) is 0 Å². The van der Waals surface area contributed by atoms with Crippen LogP contribution in [0.5, 0.6) is 0 Å². The fourth-order valence-corrected chi connectivity index (χ4v) is 1.55.